The maximum absolute atomic E-state index is 4.33. The predicted octanol–water partition coefficient (Wildman–Crippen LogP) is 3.27. The minimum absolute atomic E-state index is 0.322. The Hall–Kier alpha value is -0.410. The van der Waals surface area contributed by atoms with E-state index in [1.165, 1.54) is 5.01 Å². The predicted molar refractivity (Wildman–Crippen MR) is 67.4 cm³/mol. The molecule has 0 aliphatic carbocycles. The van der Waals surface area contributed by atoms with Gasteiger partial charge in [-0.2, -0.15) is 0 Å². The van der Waals surface area contributed by atoms with E-state index in [0.29, 0.717) is 17.4 Å². The minimum Gasteiger partial charge on any atom is -0.313 e. The third-order valence-corrected chi connectivity index (χ3v) is 3.91. The first-order valence-electron chi connectivity index (χ1n) is 5.54. The summed E-state index contributed by atoms with van der Waals surface area (Å²) < 4.78 is 0. The zero-order chi connectivity index (χ0) is 11.5. The van der Waals surface area contributed by atoms with Crippen LogP contribution in [-0.4, -0.2) is 17.6 Å². The molecule has 0 saturated heterocycles. The third-order valence-electron chi connectivity index (χ3n) is 2.90. The van der Waals surface area contributed by atoms with Gasteiger partial charge in [0.1, 0.15) is 0 Å². The van der Waals surface area contributed by atoms with Crippen LogP contribution < -0.4 is 5.32 Å². The average Bonchev–Trinajstić information content (AvgIpc) is 2.64. The lowest BCUT2D eigenvalue weighted by atomic mass is 9.88. The van der Waals surface area contributed by atoms with Crippen molar-refractivity contribution in [3.8, 4) is 0 Å². The fourth-order valence-electron chi connectivity index (χ4n) is 1.22. The van der Waals surface area contributed by atoms with E-state index in [9.17, 15) is 0 Å². The normalized spacial score (nSPS) is 16.3. The smallest absolute Gasteiger partial charge is 0.0965 e. The van der Waals surface area contributed by atoms with Crippen LogP contribution in [-0.2, 0) is 0 Å². The van der Waals surface area contributed by atoms with E-state index in [1.807, 2.05) is 11.6 Å². The van der Waals surface area contributed by atoms with Crippen molar-refractivity contribution in [3.63, 3.8) is 0 Å². The van der Waals surface area contributed by atoms with E-state index in [-0.39, 0.29) is 0 Å². The molecule has 0 aromatic carbocycles. The lowest BCUT2D eigenvalue weighted by Gasteiger charge is -2.29. The number of aromatic nitrogens is 1. The lowest BCUT2D eigenvalue weighted by molar-refractivity contribution is 0.283. The van der Waals surface area contributed by atoms with Crippen molar-refractivity contribution in [2.75, 3.05) is 6.54 Å². The van der Waals surface area contributed by atoms with Crippen LogP contribution in [0.5, 0.6) is 0 Å². The molecule has 0 fully saturated rings. The highest BCUT2D eigenvalue weighted by atomic mass is 32.1. The average molecular weight is 226 g/mol. The van der Waals surface area contributed by atoms with Gasteiger partial charge < -0.3 is 5.32 Å². The number of thiazole rings is 1. The monoisotopic (exact) mass is 226 g/mol. The zero-order valence-electron chi connectivity index (χ0n) is 10.4. The van der Waals surface area contributed by atoms with Gasteiger partial charge in [0.05, 0.1) is 5.01 Å². The fraction of sp³-hybridized carbons (Fsp3) is 0.750. The molecule has 0 spiro atoms. The highest BCUT2D eigenvalue weighted by Crippen LogP contribution is 2.21. The summed E-state index contributed by atoms with van der Waals surface area (Å²) in [6, 6.07) is 0.528. The molecule has 1 aromatic heterocycles. The molecule has 15 heavy (non-hydrogen) atoms. The van der Waals surface area contributed by atoms with E-state index in [2.05, 4.69) is 44.9 Å². The summed E-state index contributed by atoms with van der Waals surface area (Å²) in [6.07, 6.45) is 1.88. The van der Waals surface area contributed by atoms with Crippen LogP contribution in [0.4, 0.5) is 0 Å². The van der Waals surface area contributed by atoms with Crippen molar-refractivity contribution in [1.82, 2.24) is 10.3 Å². The Morgan fingerprint density at radius 2 is 2.07 bits per heavy atom. The van der Waals surface area contributed by atoms with Crippen LogP contribution in [0.25, 0.3) is 0 Å². The van der Waals surface area contributed by atoms with Crippen LogP contribution in [0.2, 0.25) is 0 Å². The molecule has 1 rings (SSSR count). The Kier molecular flexibility index (Phi) is 4.29. The Balaban J connectivity index is 2.38. The van der Waals surface area contributed by atoms with Crippen molar-refractivity contribution in [2.45, 2.75) is 46.6 Å². The molecule has 86 valence electrons. The van der Waals surface area contributed by atoms with E-state index < -0.39 is 0 Å². The fourth-order valence-corrected chi connectivity index (χ4v) is 1.92. The molecule has 0 amide bonds. The molecule has 1 N–H and O–H groups in total. The van der Waals surface area contributed by atoms with E-state index in [1.54, 1.807) is 11.3 Å². The largest absolute Gasteiger partial charge is 0.313 e. The number of hydrogen-bond acceptors (Lipinski definition) is 3. The van der Waals surface area contributed by atoms with Crippen molar-refractivity contribution >= 4 is 11.3 Å². The second-order valence-corrected chi connectivity index (χ2v) is 6.19. The van der Waals surface area contributed by atoms with Gasteiger partial charge in [-0.3, -0.25) is 0 Å². The molecular formula is C12H22N2S. The van der Waals surface area contributed by atoms with Crippen molar-refractivity contribution in [1.29, 1.82) is 0 Å². The number of hydrogen-bond donors (Lipinski definition) is 1. The molecule has 0 saturated carbocycles. The quantitative estimate of drug-likeness (QED) is 0.852. The standard InChI is InChI=1S/C12H22N2S/c1-9(11-13-6-7-15-11)8-14-10(2)12(3,4)5/h6-7,9-10,14H,8H2,1-5H3. The van der Waals surface area contributed by atoms with Gasteiger partial charge in [-0.15, -0.1) is 11.3 Å². The zero-order valence-corrected chi connectivity index (χ0v) is 11.2. The Morgan fingerprint density at radius 1 is 1.40 bits per heavy atom. The maximum atomic E-state index is 4.33. The maximum Gasteiger partial charge on any atom is 0.0965 e. The summed E-state index contributed by atoms with van der Waals surface area (Å²) in [7, 11) is 0. The second kappa shape index (κ2) is 5.08. The van der Waals surface area contributed by atoms with Gasteiger partial charge in [-0.05, 0) is 12.3 Å². The first-order valence-corrected chi connectivity index (χ1v) is 6.42. The number of rotatable bonds is 4. The SMILES string of the molecule is CC(CNC(C)C(C)(C)C)c1nccs1. The number of nitrogens with one attached hydrogen (secondary N) is 1. The Morgan fingerprint density at radius 3 is 2.53 bits per heavy atom. The third kappa shape index (κ3) is 3.92. The molecule has 1 heterocycles. The summed E-state index contributed by atoms with van der Waals surface area (Å²) in [6.45, 7) is 12.3. The van der Waals surface area contributed by atoms with Gasteiger partial charge in [-0.1, -0.05) is 27.7 Å². The first-order chi connectivity index (χ1) is 6.91. The van der Waals surface area contributed by atoms with Gasteiger partial charge in [0.25, 0.3) is 0 Å². The van der Waals surface area contributed by atoms with Gasteiger partial charge in [0, 0.05) is 30.1 Å². The van der Waals surface area contributed by atoms with Gasteiger partial charge in [0.2, 0.25) is 0 Å². The van der Waals surface area contributed by atoms with E-state index in [4.69, 9.17) is 0 Å². The van der Waals surface area contributed by atoms with Crippen molar-refractivity contribution < 1.29 is 0 Å². The van der Waals surface area contributed by atoms with E-state index >= 15 is 0 Å². The Labute approximate surface area is 97.1 Å². The molecule has 2 unspecified atom stereocenters. The molecule has 3 heteroatoms. The summed E-state index contributed by atoms with van der Waals surface area (Å²) in [5.74, 6) is 0.509. The highest BCUT2D eigenvalue weighted by Gasteiger charge is 2.20. The summed E-state index contributed by atoms with van der Waals surface area (Å²) in [4.78, 5) is 4.33. The molecule has 2 atom stereocenters. The summed E-state index contributed by atoms with van der Waals surface area (Å²) in [5.41, 5.74) is 0.322. The van der Waals surface area contributed by atoms with Gasteiger partial charge in [-0.25, -0.2) is 4.98 Å². The van der Waals surface area contributed by atoms with E-state index in [0.717, 1.165) is 6.54 Å². The van der Waals surface area contributed by atoms with Crippen LogP contribution in [0.15, 0.2) is 11.6 Å². The molecule has 2 nitrogen and oxygen atoms in total. The second-order valence-electron chi connectivity index (χ2n) is 5.27. The topological polar surface area (TPSA) is 24.9 Å². The van der Waals surface area contributed by atoms with Crippen LogP contribution in [0.3, 0.4) is 0 Å². The van der Waals surface area contributed by atoms with Crippen molar-refractivity contribution in [3.05, 3.63) is 16.6 Å². The van der Waals surface area contributed by atoms with Crippen LogP contribution >= 0.6 is 11.3 Å². The molecular weight excluding hydrogens is 204 g/mol. The highest BCUT2D eigenvalue weighted by molar-refractivity contribution is 7.09. The van der Waals surface area contributed by atoms with Gasteiger partial charge >= 0.3 is 0 Å². The number of nitrogens with zero attached hydrogens (tertiary/aromatic N) is 1. The van der Waals surface area contributed by atoms with Crippen molar-refractivity contribution in [2.24, 2.45) is 5.41 Å². The minimum atomic E-state index is 0.322. The summed E-state index contributed by atoms with van der Waals surface area (Å²) in [5, 5.41) is 6.84. The molecule has 0 bridgehead atoms. The first kappa shape index (κ1) is 12.7. The Bertz CT molecular complexity index is 274. The van der Waals surface area contributed by atoms with Gasteiger partial charge in [0.15, 0.2) is 0 Å². The lowest BCUT2D eigenvalue weighted by Crippen LogP contribution is -2.39. The summed E-state index contributed by atoms with van der Waals surface area (Å²) >= 11 is 1.74. The molecule has 0 aliphatic rings. The molecule has 0 radical (unpaired) electrons. The van der Waals surface area contributed by atoms with Crippen LogP contribution in [0, 0.1) is 5.41 Å². The van der Waals surface area contributed by atoms with Crippen LogP contribution in [0.1, 0.15) is 45.5 Å². The molecule has 1 aromatic rings. The molecule has 0 aliphatic heterocycles.